The SMILES string of the molecule is CN(c1cccc(C#N)c1)c1ccc([N+](=O)[O-])cc1CO. The van der Waals surface area contributed by atoms with Crippen LogP contribution in [0.5, 0.6) is 0 Å². The molecule has 0 bridgehead atoms. The molecule has 0 aliphatic heterocycles. The minimum atomic E-state index is -0.501. The summed E-state index contributed by atoms with van der Waals surface area (Å²) in [6.07, 6.45) is 0. The van der Waals surface area contributed by atoms with Crippen molar-refractivity contribution in [3.8, 4) is 6.07 Å². The summed E-state index contributed by atoms with van der Waals surface area (Å²) in [7, 11) is 1.77. The average molecular weight is 283 g/mol. The zero-order valence-corrected chi connectivity index (χ0v) is 11.4. The van der Waals surface area contributed by atoms with Crippen molar-refractivity contribution in [3.05, 3.63) is 63.7 Å². The molecule has 106 valence electrons. The van der Waals surface area contributed by atoms with E-state index in [0.29, 0.717) is 16.8 Å². The van der Waals surface area contributed by atoms with Gasteiger partial charge < -0.3 is 10.0 Å². The molecule has 0 unspecified atom stereocenters. The van der Waals surface area contributed by atoms with E-state index in [0.717, 1.165) is 5.69 Å². The van der Waals surface area contributed by atoms with Crippen LogP contribution in [0.3, 0.4) is 0 Å². The van der Waals surface area contributed by atoms with Crippen molar-refractivity contribution in [2.75, 3.05) is 11.9 Å². The Balaban J connectivity index is 2.45. The Bertz CT molecular complexity index is 722. The lowest BCUT2D eigenvalue weighted by Crippen LogP contribution is -2.12. The Labute approximate surface area is 121 Å². The third-order valence-corrected chi connectivity index (χ3v) is 3.17. The number of aliphatic hydroxyl groups is 1. The van der Waals surface area contributed by atoms with E-state index in [4.69, 9.17) is 5.26 Å². The number of nitrogens with zero attached hydrogens (tertiary/aromatic N) is 3. The van der Waals surface area contributed by atoms with Crippen LogP contribution in [-0.4, -0.2) is 17.1 Å². The molecule has 0 saturated carbocycles. The highest BCUT2D eigenvalue weighted by atomic mass is 16.6. The second-order valence-corrected chi connectivity index (χ2v) is 4.45. The zero-order valence-electron chi connectivity index (χ0n) is 11.4. The number of hydrogen-bond acceptors (Lipinski definition) is 5. The number of hydrogen-bond donors (Lipinski definition) is 1. The number of nitro groups is 1. The number of anilines is 2. The van der Waals surface area contributed by atoms with E-state index in [9.17, 15) is 15.2 Å². The van der Waals surface area contributed by atoms with Crippen LogP contribution < -0.4 is 4.90 Å². The normalized spacial score (nSPS) is 9.95. The Kier molecular flexibility index (Phi) is 4.16. The molecule has 0 heterocycles. The van der Waals surface area contributed by atoms with Crippen LogP contribution in [-0.2, 0) is 6.61 Å². The van der Waals surface area contributed by atoms with Crippen molar-refractivity contribution in [1.29, 1.82) is 5.26 Å². The summed E-state index contributed by atoms with van der Waals surface area (Å²) in [6.45, 7) is -0.306. The highest BCUT2D eigenvalue weighted by Gasteiger charge is 2.14. The van der Waals surface area contributed by atoms with Crippen molar-refractivity contribution < 1.29 is 10.0 Å². The molecule has 0 spiro atoms. The molecule has 6 nitrogen and oxygen atoms in total. The summed E-state index contributed by atoms with van der Waals surface area (Å²) in [5.74, 6) is 0. The van der Waals surface area contributed by atoms with Crippen LogP contribution >= 0.6 is 0 Å². The summed E-state index contributed by atoms with van der Waals surface area (Å²) in [5.41, 5.74) is 2.32. The molecule has 6 heteroatoms. The lowest BCUT2D eigenvalue weighted by Gasteiger charge is -2.22. The van der Waals surface area contributed by atoms with Gasteiger partial charge in [-0.2, -0.15) is 5.26 Å². The van der Waals surface area contributed by atoms with Crippen molar-refractivity contribution in [3.63, 3.8) is 0 Å². The lowest BCUT2D eigenvalue weighted by atomic mass is 10.1. The fraction of sp³-hybridized carbons (Fsp3) is 0.133. The quantitative estimate of drug-likeness (QED) is 0.688. The van der Waals surface area contributed by atoms with E-state index in [2.05, 4.69) is 6.07 Å². The summed E-state index contributed by atoms with van der Waals surface area (Å²) in [6, 6.07) is 13.4. The van der Waals surface area contributed by atoms with Crippen LogP contribution in [0.15, 0.2) is 42.5 Å². The number of non-ortho nitro benzene ring substituents is 1. The van der Waals surface area contributed by atoms with Gasteiger partial charge in [0.05, 0.1) is 23.2 Å². The molecule has 2 aromatic rings. The highest BCUT2D eigenvalue weighted by Crippen LogP contribution is 2.30. The second kappa shape index (κ2) is 6.03. The minimum absolute atomic E-state index is 0.0676. The lowest BCUT2D eigenvalue weighted by molar-refractivity contribution is -0.384. The fourth-order valence-electron chi connectivity index (χ4n) is 2.06. The van der Waals surface area contributed by atoms with Gasteiger partial charge in [-0.25, -0.2) is 0 Å². The van der Waals surface area contributed by atoms with Gasteiger partial charge in [0.15, 0.2) is 0 Å². The first-order valence-electron chi connectivity index (χ1n) is 6.19. The van der Waals surface area contributed by atoms with Gasteiger partial charge in [0.2, 0.25) is 0 Å². The van der Waals surface area contributed by atoms with Crippen LogP contribution in [0.1, 0.15) is 11.1 Å². The summed E-state index contributed by atoms with van der Waals surface area (Å²) < 4.78 is 0. The Hall–Kier alpha value is -2.91. The van der Waals surface area contributed by atoms with Gasteiger partial charge in [-0.15, -0.1) is 0 Å². The van der Waals surface area contributed by atoms with Crippen molar-refractivity contribution in [2.45, 2.75) is 6.61 Å². The third kappa shape index (κ3) is 2.99. The summed E-state index contributed by atoms with van der Waals surface area (Å²) >= 11 is 0. The Morgan fingerprint density at radius 1 is 1.33 bits per heavy atom. The monoisotopic (exact) mass is 283 g/mol. The van der Waals surface area contributed by atoms with Crippen molar-refractivity contribution in [1.82, 2.24) is 0 Å². The van der Waals surface area contributed by atoms with E-state index < -0.39 is 4.92 Å². The van der Waals surface area contributed by atoms with Crippen LogP contribution in [0.2, 0.25) is 0 Å². The number of rotatable bonds is 4. The molecular weight excluding hydrogens is 270 g/mol. The van der Waals surface area contributed by atoms with E-state index in [1.165, 1.54) is 12.1 Å². The summed E-state index contributed by atoms with van der Waals surface area (Å²) in [5, 5.41) is 29.1. The van der Waals surface area contributed by atoms with Gasteiger partial charge in [-0.05, 0) is 24.3 Å². The predicted molar refractivity (Wildman–Crippen MR) is 78.2 cm³/mol. The van der Waals surface area contributed by atoms with Crippen LogP contribution in [0.4, 0.5) is 17.1 Å². The number of aliphatic hydroxyl groups excluding tert-OH is 1. The molecule has 1 N–H and O–H groups in total. The van der Waals surface area contributed by atoms with Gasteiger partial charge in [0.1, 0.15) is 0 Å². The van der Waals surface area contributed by atoms with E-state index in [-0.39, 0.29) is 12.3 Å². The van der Waals surface area contributed by atoms with Gasteiger partial charge in [-0.3, -0.25) is 10.1 Å². The molecule has 2 rings (SSSR count). The highest BCUT2D eigenvalue weighted by molar-refractivity contribution is 5.68. The van der Waals surface area contributed by atoms with Gasteiger partial charge in [0.25, 0.3) is 5.69 Å². The predicted octanol–water partition coefficient (Wildman–Crippen LogP) is 2.73. The zero-order chi connectivity index (χ0) is 15.4. The first-order valence-corrected chi connectivity index (χ1v) is 6.19. The molecular formula is C15H13N3O3. The molecule has 0 aromatic heterocycles. The first-order chi connectivity index (χ1) is 10.1. The van der Waals surface area contributed by atoms with Crippen LogP contribution in [0.25, 0.3) is 0 Å². The van der Waals surface area contributed by atoms with Crippen LogP contribution in [0, 0.1) is 21.4 Å². The van der Waals surface area contributed by atoms with E-state index in [1.54, 1.807) is 36.2 Å². The van der Waals surface area contributed by atoms with Crippen molar-refractivity contribution >= 4 is 17.1 Å². The van der Waals surface area contributed by atoms with Gasteiger partial charge in [0, 0.05) is 36.1 Å². The number of benzene rings is 2. The van der Waals surface area contributed by atoms with E-state index >= 15 is 0 Å². The van der Waals surface area contributed by atoms with Gasteiger partial charge in [-0.1, -0.05) is 6.07 Å². The van der Waals surface area contributed by atoms with Crippen molar-refractivity contribution in [2.24, 2.45) is 0 Å². The summed E-state index contributed by atoms with van der Waals surface area (Å²) in [4.78, 5) is 12.1. The Morgan fingerprint density at radius 2 is 2.10 bits per heavy atom. The maximum atomic E-state index is 10.8. The molecule has 0 atom stereocenters. The maximum absolute atomic E-state index is 10.8. The molecule has 0 radical (unpaired) electrons. The fourth-order valence-corrected chi connectivity index (χ4v) is 2.06. The molecule has 0 aliphatic rings. The molecule has 0 saturated heterocycles. The molecule has 0 fully saturated rings. The third-order valence-electron chi connectivity index (χ3n) is 3.17. The minimum Gasteiger partial charge on any atom is -0.392 e. The molecule has 0 aliphatic carbocycles. The smallest absolute Gasteiger partial charge is 0.269 e. The topological polar surface area (TPSA) is 90.4 Å². The van der Waals surface area contributed by atoms with Gasteiger partial charge >= 0.3 is 0 Å². The average Bonchev–Trinajstić information content (AvgIpc) is 2.53. The first kappa shape index (κ1) is 14.5. The molecule has 21 heavy (non-hydrogen) atoms. The van der Waals surface area contributed by atoms with E-state index in [1.807, 2.05) is 6.07 Å². The standard InChI is InChI=1S/C15H13N3O3/c1-17(13-4-2-3-11(7-13)9-16)15-6-5-14(18(20)21)8-12(15)10-19/h2-8,19H,10H2,1H3. The number of nitriles is 1. The largest absolute Gasteiger partial charge is 0.392 e. The molecule has 2 aromatic carbocycles. The maximum Gasteiger partial charge on any atom is 0.269 e. The number of nitro benzene ring substituents is 1. The Morgan fingerprint density at radius 3 is 2.71 bits per heavy atom. The second-order valence-electron chi connectivity index (χ2n) is 4.45. The molecule has 0 amide bonds.